The third-order valence-corrected chi connectivity index (χ3v) is 3.08. The Morgan fingerprint density at radius 3 is 2.50 bits per heavy atom. The molecular weight excluding hydrogens is 250 g/mol. The molecule has 20 heavy (non-hydrogen) atoms. The molecular formula is C16H17N3O. The van der Waals surface area contributed by atoms with Crippen molar-refractivity contribution in [2.45, 2.75) is 6.42 Å². The lowest BCUT2D eigenvalue weighted by atomic mass is 10.1. The maximum absolute atomic E-state index is 9.17. The van der Waals surface area contributed by atoms with Crippen molar-refractivity contribution in [2.24, 2.45) is 0 Å². The van der Waals surface area contributed by atoms with Crippen molar-refractivity contribution in [1.82, 2.24) is 4.98 Å². The quantitative estimate of drug-likeness (QED) is 0.869. The molecule has 0 saturated carbocycles. The topological polar surface area (TPSA) is 60.2 Å². The van der Waals surface area contributed by atoms with E-state index in [1.54, 1.807) is 12.3 Å². The molecule has 0 saturated heterocycles. The number of anilines is 1. The second kappa shape index (κ2) is 7.27. The first-order valence-electron chi connectivity index (χ1n) is 6.59. The predicted molar refractivity (Wildman–Crippen MR) is 78.4 cm³/mol. The Kier molecular flexibility index (Phi) is 5.10. The van der Waals surface area contributed by atoms with Crippen LogP contribution in [0.3, 0.4) is 0 Å². The average Bonchev–Trinajstić information content (AvgIpc) is 2.52. The van der Waals surface area contributed by atoms with Gasteiger partial charge in [0.25, 0.3) is 0 Å². The summed E-state index contributed by atoms with van der Waals surface area (Å²) in [6.45, 7) is 1.39. The maximum Gasteiger partial charge on any atom is 0.128 e. The summed E-state index contributed by atoms with van der Waals surface area (Å²) < 4.78 is 0. The summed E-state index contributed by atoms with van der Waals surface area (Å²) in [6.07, 6.45) is 2.45. The molecule has 1 N–H and O–H groups in total. The molecule has 1 heterocycles. The summed E-state index contributed by atoms with van der Waals surface area (Å²) >= 11 is 0. The van der Waals surface area contributed by atoms with Gasteiger partial charge in [-0.1, -0.05) is 30.3 Å². The molecule has 4 heteroatoms. The van der Waals surface area contributed by atoms with Gasteiger partial charge in [0.1, 0.15) is 11.9 Å². The number of hydrogen-bond donors (Lipinski definition) is 1. The fraction of sp³-hybridized carbons (Fsp3) is 0.250. The lowest BCUT2D eigenvalue weighted by Crippen LogP contribution is -2.29. The minimum Gasteiger partial charge on any atom is -0.395 e. The second-order valence-corrected chi connectivity index (χ2v) is 4.46. The van der Waals surface area contributed by atoms with E-state index in [1.165, 1.54) is 5.56 Å². The molecule has 0 spiro atoms. The molecule has 0 aliphatic heterocycles. The fourth-order valence-electron chi connectivity index (χ4n) is 2.01. The number of hydrogen-bond acceptors (Lipinski definition) is 4. The van der Waals surface area contributed by atoms with Crippen molar-refractivity contribution in [1.29, 1.82) is 5.26 Å². The number of benzene rings is 1. The van der Waals surface area contributed by atoms with Crippen LogP contribution in [-0.4, -0.2) is 29.8 Å². The van der Waals surface area contributed by atoms with Crippen molar-refractivity contribution in [2.75, 3.05) is 24.6 Å². The van der Waals surface area contributed by atoms with Gasteiger partial charge in [0.15, 0.2) is 0 Å². The highest BCUT2D eigenvalue weighted by atomic mass is 16.3. The van der Waals surface area contributed by atoms with E-state index >= 15 is 0 Å². The van der Waals surface area contributed by atoms with Crippen molar-refractivity contribution < 1.29 is 5.11 Å². The highest BCUT2D eigenvalue weighted by Gasteiger charge is 2.07. The molecule has 0 atom stereocenters. The van der Waals surface area contributed by atoms with E-state index in [9.17, 15) is 5.11 Å². The smallest absolute Gasteiger partial charge is 0.128 e. The molecule has 1 aromatic carbocycles. The highest BCUT2D eigenvalue weighted by molar-refractivity contribution is 5.42. The van der Waals surface area contributed by atoms with Crippen LogP contribution in [0, 0.1) is 11.3 Å². The number of aliphatic hydroxyl groups excluding tert-OH is 1. The van der Waals surface area contributed by atoms with Gasteiger partial charge >= 0.3 is 0 Å². The highest BCUT2D eigenvalue weighted by Crippen LogP contribution is 2.12. The number of nitrogens with zero attached hydrogens (tertiary/aromatic N) is 3. The molecule has 102 valence electrons. The number of aromatic nitrogens is 1. The Bertz CT molecular complexity index is 561. The molecule has 4 nitrogen and oxygen atoms in total. The van der Waals surface area contributed by atoms with Gasteiger partial charge in [0.2, 0.25) is 0 Å². The van der Waals surface area contributed by atoms with Crippen LogP contribution in [0.1, 0.15) is 11.1 Å². The van der Waals surface area contributed by atoms with Gasteiger partial charge in [-0.15, -0.1) is 0 Å². The molecule has 0 fully saturated rings. The summed E-state index contributed by atoms with van der Waals surface area (Å²) in [7, 11) is 0. The maximum atomic E-state index is 9.17. The standard InChI is InChI=1S/C16H17N3O/c17-12-15-6-7-16(18-13-15)19(10-11-20)9-8-14-4-2-1-3-5-14/h1-7,13,20H,8-11H2. The first-order valence-corrected chi connectivity index (χ1v) is 6.59. The SMILES string of the molecule is N#Cc1ccc(N(CCO)CCc2ccccc2)nc1. The van der Waals surface area contributed by atoms with Crippen LogP contribution in [-0.2, 0) is 6.42 Å². The minimum atomic E-state index is 0.0798. The molecule has 1 aromatic heterocycles. The van der Waals surface area contributed by atoms with Crippen LogP contribution in [0.15, 0.2) is 48.7 Å². The number of pyridine rings is 1. The zero-order chi connectivity index (χ0) is 14.2. The van der Waals surface area contributed by atoms with Crippen molar-refractivity contribution in [3.63, 3.8) is 0 Å². The zero-order valence-electron chi connectivity index (χ0n) is 11.2. The van der Waals surface area contributed by atoms with Gasteiger partial charge in [-0.2, -0.15) is 5.26 Å². The van der Waals surface area contributed by atoms with E-state index in [0.717, 1.165) is 18.8 Å². The second-order valence-electron chi connectivity index (χ2n) is 4.46. The molecule has 2 aromatic rings. The van der Waals surface area contributed by atoms with E-state index in [4.69, 9.17) is 5.26 Å². The Morgan fingerprint density at radius 2 is 1.90 bits per heavy atom. The van der Waals surface area contributed by atoms with Crippen molar-refractivity contribution in [3.05, 3.63) is 59.8 Å². The number of rotatable bonds is 6. The zero-order valence-corrected chi connectivity index (χ0v) is 11.2. The summed E-state index contributed by atoms with van der Waals surface area (Å²) in [5.41, 5.74) is 1.80. The normalized spacial score (nSPS) is 10.0. The third kappa shape index (κ3) is 3.81. The molecule has 0 radical (unpaired) electrons. The fourth-order valence-corrected chi connectivity index (χ4v) is 2.01. The molecule has 0 aliphatic carbocycles. The van der Waals surface area contributed by atoms with Gasteiger partial charge < -0.3 is 10.0 Å². The van der Waals surface area contributed by atoms with E-state index < -0.39 is 0 Å². The van der Waals surface area contributed by atoms with Gasteiger partial charge in [-0.3, -0.25) is 0 Å². The monoisotopic (exact) mass is 267 g/mol. The third-order valence-electron chi connectivity index (χ3n) is 3.08. The summed E-state index contributed by atoms with van der Waals surface area (Å²) in [6, 6.07) is 15.8. The summed E-state index contributed by atoms with van der Waals surface area (Å²) in [4.78, 5) is 6.30. The lowest BCUT2D eigenvalue weighted by molar-refractivity contribution is 0.301. The van der Waals surface area contributed by atoms with Crippen LogP contribution in [0.5, 0.6) is 0 Å². The summed E-state index contributed by atoms with van der Waals surface area (Å²) in [5, 5.41) is 18.0. The van der Waals surface area contributed by atoms with Crippen LogP contribution < -0.4 is 4.90 Å². The van der Waals surface area contributed by atoms with Gasteiger partial charge in [0, 0.05) is 19.3 Å². The van der Waals surface area contributed by atoms with Crippen LogP contribution in [0.25, 0.3) is 0 Å². The van der Waals surface area contributed by atoms with E-state index in [-0.39, 0.29) is 6.61 Å². The Labute approximate surface area is 118 Å². The minimum absolute atomic E-state index is 0.0798. The predicted octanol–water partition coefficient (Wildman–Crippen LogP) is 1.99. The molecule has 0 aliphatic rings. The first-order chi connectivity index (χ1) is 9.83. The van der Waals surface area contributed by atoms with E-state index in [2.05, 4.69) is 23.2 Å². The van der Waals surface area contributed by atoms with E-state index in [1.807, 2.05) is 29.2 Å². The first kappa shape index (κ1) is 14.0. The van der Waals surface area contributed by atoms with Crippen molar-refractivity contribution >= 4 is 5.82 Å². The average molecular weight is 267 g/mol. The van der Waals surface area contributed by atoms with Crippen LogP contribution in [0.4, 0.5) is 5.82 Å². The Morgan fingerprint density at radius 1 is 1.10 bits per heavy atom. The molecule has 0 amide bonds. The van der Waals surface area contributed by atoms with Gasteiger partial charge in [-0.05, 0) is 24.1 Å². The number of aliphatic hydroxyl groups is 1. The molecule has 0 bridgehead atoms. The van der Waals surface area contributed by atoms with Crippen LogP contribution in [0.2, 0.25) is 0 Å². The molecule has 0 unspecified atom stereocenters. The van der Waals surface area contributed by atoms with Crippen molar-refractivity contribution in [3.8, 4) is 6.07 Å². The van der Waals surface area contributed by atoms with Gasteiger partial charge in [0.05, 0.1) is 12.2 Å². The molecule has 2 rings (SSSR count). The Balaban J connectivity index is 2.04. The Hall–Kier alpha value is -2.38. The van der Waals surface area contributed by atoms with Crippen LogP contribution >= 0.6 is 0 Å². The number of nitriles is 1. The lowest BCUT2D eigenvalue weighted by Gasteiger charge is -2.22. The van der Waals surface area contributed by atoms with E-state index in [0.29, 0.717) is 12.1 Å². The summed E-state index contributed by atoms with van der Waals surface area (Å²) in [5.74, 6) is 0.786. The van der Waals surface area contributed by atoms with Gasteiger partial charge in [-0.25, -0.2) is 4.98 Å². The largest absolute Gasteiger partial charge is 0.395 e.